The van der Waals surface area contributed by atoms with Gasteiger partial charge in [0.15, 0.2) is 9.84 Å². The molecule has 0 amide bonds. The first-order valence-corrected chi connectivity index (χ1v) is 7.87. The fourth-order valence-electron chi connectivity index (χ4n) is 1.95. The van der Waals surface area contributed by atoms with Crippen LogP contribution in [0.15, 0.2) is 47.4 Å². The summed E-state index contributed by atoms with van der Waals surface area (Å²) in [4.78, 5) is -0.0347. The number of nitrogens with two attached hydrogens (primary N) is 1. The fraction of sp³-hybridized carbons (Fsp3) is 0.143. The van der Waals surface area contributed by atoms with Crippen LogP contribution in [0.25, 0.3) is 0 Å². The molecular weight excluding hydrogens is 298 g/mol. The number of para-hydroxylation sites is 1. The van der Waals surface area contributed by atoms with E-state index in [9.17, 15) is 8.42 Å². The second-order valence-electron chi connectivity index (χ2n) is 4.23. The first-order valence-electron chi connectivity index (χ1n) is 5.84. The molecule has 0 saturated heterocycles. The molecule has 2 rings (SSSR count). The average Bonchev–Trinajstić information content (AvgIpc) is 2.38. The van der Waals surface area contributed by atoms with Crippen molar-refractivity contribution in [2.45, 2.75) is 10.6 Å². The van der Waals surface area contributed by atoms with E-state index < -0.39 is 9.84 Å². The number of sulfone groups is 1. The molecule has 0 unspecified atom stereocenters. The zero-order valence-corrected chi connectivity index (χ0v) is 12.4. The van der Waals surface area contributed by atoms with Gasteiger partial charge in [0, 0.05) is 5.56 Å². The molecule has 0 aromatic heterocycles. The summed E-state index contributed by atoms with van der Waals surface area (Å²) in [6.45, 7) is 0. The lowest BCUT2D eigenvalue weighted by molar-refractivity contribution is 0.411. The van der Waals surface area contributed by atoms with E-state index in [1.165, 1.54) is 19.2 Å². The Morgan fingerprint density at radius 1 is 1.15 bits per heavy atom. The minimum atomic E-state index is -3.64. The zero-order chi connectivity index (χ0) is 14.8. The second-order valence-corrected chi connectivity index (χ2v) is 6.56. The van der Waals surface area contributed by atoms with Gasteiger partial charge in [-0.3, -0.25) is 0 Å². The van der Waals surface area contributed by atoms with Gasteiger partial charge in [0.1, 0.15) is 10.6 Å². The molecule has 20 heavy (non-hydrogen) atoms. The Bertz CT molecular complexity index is 709. The van der Waals surface area contributed by atoms with E-state index in [0.29, 0.717) is 11.3 Å². The van der Waals surface area contributed by atoms with Crippen molar-refractivity contribution >= 4 is 27.1 Å². The van der Waals surface area contributed by atoms with E-state index in [2.05, 4.69) is 0 Å². The highest BCUT2D eigenvalue weighted by molar-refractivity contribution is 7.91. The van der Waals surface area contributed by atoms with Crippen molar-refractivity contribution in [3.05, 3.63) is 53.1 Å². The molecule has 106 valence electrons. The molecule has 0 atom stereocenters. The second kappa shape index (κ2) is 5.73. The molecule has 0 bridgehead atoms. The average molecular weight is 312 g/mol. The van der Waals surface area contributed by atoms with Crippen LogP contribution in [0.2, 0.25) is 5.02 Å². The third kappa shape index (κ3) is 2.89. The number of methoxy groups -OCH3 is 1. The summed E-state index contributed by atoms with van der Waals surface area (Å²) in [5.41, 5.74) is 6.45. The van der Waals surface area contributed by atoms with Gasteiger partial charge in [0.2, 0.25) is 0 Å². The summed E-state index contributed by atoms with van der Waals surface area (Å²) >= 11 is 5.96. The van der Waals surface area contributed by atoms with Gasteiger partial charge in [-0.2, -0.15) is 0 Å². The molecular formula is C14H14ClNO3S. The smallest absolute Gasteiger partial charge is 0.186 e. The van der Waals surface area contributed by atoms with Gasteiger partial charge >= 0.3 is 0 Å². The zero-order valence-electron chi connectivity index (χ0n) is 10.8. The number of rotatable bonds is 4. The normalized spacial score (nSPS) is 11.3. The quantitative estimate of drug-likeness (QED) is 0.881. The fourth-order valence-corrected chi connectivity index (χ4v) is 4.07. The van der Waals surface area contributed by atoms with Crippen LogP contribution in [0.4, 0.5) is 5.69 Å². The third-order valence-corrected chi connectivity index (χ3v) is 5.04. The number of anilines is 1. The largest absolute Gasteiger partial charge is 0.496 e. The summed E-state index contributed by atoms with van der Waals surface area (Å²) in [5.74, 6) is 0.298. The molecule has 0 fully saturated rings. The Hall–Kier alpha value is -1.72. The lowest BCUT2D eigenvalue weighted by Gasteiger charge is -2.11. The van der Waals surface area contributed by atoms with Crippen molar-refractivity contribution in [3.8, 4) is 5.75 Å². The van der Waals surface area contributed by atoms with Gasteiger partial charge in [-0.25, -0.2) is 8.42 Å². The highest BCUT2D eigenvalue weighted by atomic mass is 35.5. The van der Waals surface area contributed by atoms with E-state index in [1.54, 1.807) is 30.3 Å². The van der Waals surface area contributed by atoms with Gasteiger partial charge in [-0.15, -0.1) is 0 Å². The number of nitrogen functional groups attached to an aromatic ring is 1. The summed E-state index contributed by atoms with van der Waals surface area (Å²) in [6, 6.07) is 11.6. The summed E-state index contributed by atoms with van der Waals surface area (Å²) in [5, 5.41) is 0.125. The third-order valence-electron chi connectivity index (χ3n) is 2.85. The van der Waals surface area contributed by atoms with E-state index in [-0.39, 0.29) is 21.4 Å². The van der Waals surface area contributed by atoms with E-state index in [4.69, 9.17) is 22.1 Å². The van der Waals surface area contributed by atoms with Crippen LogP contribution in [0.5, 0.6) is 5.75 Å². The van der Waals surface area contributed by atoms with Crippen molar-refractivity contribution < 1.29 is 13.2 Å². The van der Waals surface area contributed by atoms with Gasteiger partial charge in [-0.1, -0.05) is 35.9 Å². The first-order chi connectivity index (χ1) is 9.45. The lowest BCUT2D eigenvalue weighted by atomic mass is 10.2. The van der Waals surface area contributed by atoms with Crippen molar-refractivity contribution in [3.63, 3.8) is 0 Å². The Balaban J connectivity index is 2.47. The van der Waals surface area contributed by atoms with Gasteiger partial charge in [0.05, 0.1) is 23.6 Å². The molecule has 2 N–H and O–H groups in total. The van der Waals surface area contributed by atoms with Gasteiger partial charge < -0.3 is 10.5 Å². The molecule has 0 aliphatic heterocycles. The minimum Gasteiger partial charge on any atom is -0.496 e. The Morgan fingerprint density at radius 3 is 2.50 bits per heavy atom. The van der Waals surface area contributed by atoms with Crippen LogP contribution in [-0.4, -0.2) is 15.5 Å². The van der Waals surface area contributed by atoms with E-state index in [0.717, 1.165) is 0 Å². The summed E-state index contributed by atoms with van der Waals surface area (Å²) in [7, 11) is -2.15. The maximum Gasteiger partial charge on any atom is 0.186 e. The van der Waals surface area contributed by atoms with E-state index >= 15 is 0 Å². The topological polar surface area (TPSA) is 69.4 Å². The summed E-state index contributed by atoms with van der Waals surface area (Å²) in [6.07, 6.45) is 0. The maximum atomic E-state index is 12.5. The standard InChI is InChI=1S/C14H14ClNO3S/c1-19-13-8-3-2-5-10(13)9-20(17,18)14-11(15)6-4-7-12(14)16/h2-8H,9,16H2,1H3. The number of benzene rings is 2. The predicted molar refractivity (Wildman–Crippen MR) is 79.7 cm³/mol. The number of hydrogen-bond acceptors (Lipinski definition) is 4. The number of hydrogen-bond donors (Lipinski definition) is 1. The molecule has 2 aromatic carbocycles. The van der Waals surface area contributed by atoms with Gasteiger partial charge in [0.25, 0.3) is 0 Å². The molecule has 2 aromatic rings. The van der Waals surface area contributed by atoms with Crippen molar-refractivity contribution in [2.24, 2.45) is 0 Å². The van der Waals surface area contributed by atoms with Crippen LogP contribution in [0.3, 0.4) is 0 Å². The van der Waals surface area contributed by atoms with Crippen molar-refractivity contribution in [2.75, 3.05) is 12.8 Å². The monoisotopic (exact) mass is 311 g/mol. The SMILES string of the molecule is COc1ccccc1CS(=O)(=O)c1c(N)cccc1Cl. The van der Waals surface area contributed by atoms with Crippen LogP contribution in [0.1, 0.15) is 5.56 Å². The van der Waals surface area contributed by atoms with Crippen LogP contribution < -0.4 is 10.5 Å². The number of ether oxygens (including phenoxy) is 1. The molecule has 0 radical (unpaired) electrons. The summed E-state index contributed by atoms with van der Waals surface area (Å²) < 4.78 is 30.1. The maximum absolute atomic E-state index is 12.5. The Morgan fingerprint density at radius 2 is 1.85 bits per heavy atom. The Labute approximate surface area is 123 Å². The predicted octanol–water partition coefficient (Wildman–Crippen LogP) is 2.90. The van der Waals surface area contributed by atoms with Crippen molar-refractivity contribution in [1.29, 1.82) is 0 Å². The molecule has 0 heterocycles. The molecule has 4 nitrogen and oxygen atoms in total. The first kappa shape index (κ1) is 14.7. The highest BCUT2D eigenvalue weighted by Crippen LogP contribution is 2.31. The molecule has 0 spiro atoms. The van der Waals surface area contributed by atoms with E-state index in [1.807, 2.05) is 0 Å². The molecule has 0 aliphatic carbocycles. The minimum absolute atomic E-state index is 0.0347. The molecule has 0 saturated carbocycles. The molecule has 6 heteroatoms. The lowest BCUT2D eigenvalue weighted by Crippen LogP contribution is -2.09. The molecule has 0 aliphatic rings. The highest BCUT2D eigenvalue weighted by Gasteiger charge is 2.23. The van der Waals surface area contributed by atoms with Crippen LogP contribution in [-0.2, 0) is 15.6 Å². The van der Waals surface area contributed by atoms with Crippen LogP contribution in [0, 0.1) is 0 Å². The number of halogens is 1. The van der Waals surface area contributed by atoms with Gasteiger partial charge in [-0.05, 0) is 18.2 Å². The Kier molecular flexibility index (Phi) is 4.20. The van der Waals surface area contributed by atoms with Crippen LogP contribution >= 0.6 is 11.6 Å². The van der Waals surface area contributed by atoms with Crippen molar-refractivity contribution in [1.82, 2.24) is 0 Å².